The summed E-state index contributed by atoms with van der Waals surface area (Å²) in [7, 11) is 1.72. The van der Waals surface area contributed by atoms with Crippen molar-refractivity contribution in [2.45, 2.75) is 12.5 Å². The smallest absolute Gasteiger partial charge is 0.0743 e. The van der Waals surface area contributed by atoms with E-state index in [0.717, 1.165) is 23.0 Å². The van der Waals surface area contributed by atoms with E-state index in [1.165, 1.54) is 5.56 Å². The van der Waals surface area contributed by atoms with Gasteiger partial charge in [-0.3, -0.25) is 4.98 Å². The first-order valence-electron chi connectivity index (χ1n) is 7.70. The van der Waals surface area contributed by atoms with Gasteiger partial charge in [-0.25, -0.2) is 0 Å². The van der Waals surface area contributed by atoms with Gasteiger partial charge >= 0.3 is 0 Å². The summed E-state index contributed by atoms with van der Waals surface area (Å²) in [6.45, 7) is 0.602. The minimum Gasteiger partial charge on any atom is -0.396 e. The summed E-state index contributed by atoms with van der Waals surface area (Å²) >= 11 is 0. The number of methoxy groups -OCH3 is 1. The predicted molar refractivity (Wildman–Crippen MR) is 95.6 cm³/mol. The Labute approximate surface area is 136 Å². The number of hydrogen-bond acceptors (Lipinski definition) is 4. The SMILES string of the molecule is COCC(Cc1ccccc1)Nc1c(N)cnc2ccccc12. The molecular weight excluding hydrogens is 286 g/mol. The molecule has 4 heteroatoms. The fourth-order valence-electron chi connectivity index (χ4n) is 2.77. The van der Waals surface area contributed by atoms with E-state index >= 15 is 0 Å². The Morgan fingerprint density at radius 3 is 2.61 bits per heavy atom. The quantitative estimate of drug-likeness (QED) is 0.732. The summed E-state index contributed by atoms with van der Waals surface area (Å²) in [5, 5.41) is 4.58. The lowest BCUT2D eigenvalue weighted by atomic mass is 10.1. The Hall–Kier alpha value is -2.59. The van der Waals surface area contributed by atoms with Crippen molar-refractivity contribution in [2.24, 2.45) is 0 Å². The fourth-order valence-corrected chi connectivity index (χ4v) is 2.77. The van der Waals surface area contributed by atoms with Crippen molar-refractivity contribution in [1.29, 1.82) is 0 Å². The van der Waals surface area contributed by atoms with Crippen molar-refractivity contribution in [2.75, 3.05) is 24.8 Å². The van der Waals surface area contributed by atoms with E-state index in [0.29, 0.717) is 12.3 Å². The highest BCUT2D eigenvalue weighted by Gasteiger charge is 2.13. The topological polar surface area (TPSA) is 60.2 Å². The zero-order valence-electron chi connectivity index (χ0n) is 13.2. The molecule has 2 aromatic carbocycles. The van der Waals surface area contributed by atoms with Crippen molar-refractivity contribution in [3.63, 3.8) is 0 Å². The number of anilines is 2. The molecule has 0 aliphatic carbocycles. The number of benzene rings is 2. The number of aromatic nitrogens is 1. The summed E-state index contributed by atoms with van der Waals surface area (Å²) in [6.07, 6.45) is 2.57. The van der Waals surface area contributed by atoms with Crippen LogP contribution < -0.4 is 11.1 Å². The molecule has 118 valence electrons. The first-order valence-corrected chi connectivity index (χ1v) is 7.70. The van der Waals surface area contributed by atoms with Gasteiger partial charge in [0.15, 0.2) is 0 Å². The van der Waals surface area contributed by atoms with E-state index in [1.807, 2.05) is 30.3 Å². The molecular formula is C19H21N3O. The average Bonchev–Trinajstić information content (AvgIpc) is 2.58. The molecule has 3 rings (SSSR count). The van der Waals surface area contributed by atoms with Gasteiger partial charge in [0.2, 0.25) is 0 Å². The van der Waals surface area contributed by atoms with Crippen molar-refractivity contribution in [1.82, 2.24) is 4.98 Å². The van der Waals surface area contributed by atoms with Gasteiger partial charge in [-0.2, -0.15) is 0 Å². The van der Waals surface area contributed by atoms with Gasteiger partial charge < -0.3 is 15.8 Å². The van der Waals surface area contributed by atoms with Gasteiger partial charge in [-0.05, 0) is 18.1 Å². The number of rotatable bonds is 6. The average molecular weight is 307 g/mol. The summed E-state index contributed by atoms with van der Waals surface area (Å²) in [4.78, 5) is 4.38. The monoisotopic (exact) mass is 307 g/mol. The normalized spacial score (nSPS) is 12.2. The lowest BCUT2D eigenvalue weighted by molar-refractivity contribution is 0.185. The molecule has 1 unspecified atom stereocenters. The first-order chi connectivity index (χ1) is 11.3. The number of nitrogens with one attached hydrogen (secondary N) is 1. The number of nitrogen functional groups attached to an aromatic ring is 1. The van der Waals surface area contributed by atoms with Crippen molar-refractivity contribution in [3.05, 3.63) is 66.4 Å². The van der Waals surface area contributed by atoms with Crippen LogP contribution in [0.2, 0.25) is 0 Å². The van der Waals surface area contributed by atoms with Gasteiger partial charge in [0.1, 0.15) is 0 Å². The standard InChI is InChI=1S/C19H21N3O/c1-23-13-15(11-14-7-3-2-4-8-14)22-19-16-9-5-6-10-18(16)21-12-17(19)20/h2-10,12,15H,11,13,20H2,1H3,(H,21,22). The molecule has 3 aromatic rings. The summed E-state index contributed by atoms with van der Waals surface area (Å²) in [6, 6.07) is 18.5. The third-order valence-corrected chi connectivity index (χ3v) is 3.85. The van der Waals surface area contributed by atoms with Crippen LogP contribution in [0.5, 0.6) is 0 Å². The number of nitrogens with two attached hydrogens (primary N) is 1. The highest BCUT2D eigenvalue weighted by Crippen LogP contribution is 2.28. The second-order valence-corrected chi connectivity index (χ2v) is 5.59. The molecule has 0 spiro atoms. The van der Waals surface area contributed by atoms with Gasteiger partial charge in [0, 0.05) is 12.5 Å². The van der Waals surface area contributed by atoms with E-state index in [-0.39, 0.29) is 6.04 Å². The highest BCUT2D eigenvalue weighted by atomic mass is 16.5. The Kier molecular flexibility index (Phi) is 4.74. The van der Waals surface area contributed by atoms with E-state index in [4.69, 9.17) is 10.5 Å². The Morgan fingerprint density at radius 1 is 1.09 bits per heavy atom. The van der Waals surface area contributed by atoms with Crippen LogP contribution in [-0.4, -0.2) is 24.7 Å². The minimum absolute atomic E-state index is 0.135. The van der Waals surface area contributed by atoms with Crippen LogP contribution >= 0.6 is 0 Å². The second kappa shape index (κ2) is 7.11. The maximum atomic E-state index is 6.16. The molecule has 0 radical (unpaired) electrons. The molecule has 0 aliphatic heterocycles. The molecule has 0 fully saturated rings. The maximum Gasteiger partial charge on any atom is 0.0743 e. The zero-order valence-corrected chi connectivity index (χ0v) is 13.2. The van der Waals surface area contributed by atoms with Crippen LogP contribution in [0.4, 0.5) is 11.4 Å². The molecule has 0 saturated carbocycles. The molecule has 3 N–H and O–H groups in total. The number of hydrogen-bond donors (Lipinski definition) is 2. The Morgan fingerprint density at radius 2 is 1.83 bits per heavy atom. The zero-order chi connectivity index (χ0) is 16.1. The summed E-state index contributed by atoms with van der Waals surface area (Å²) in [5.74, 6) is 0. The Balaban J connectivity index is 1.89. The lowest BCUT2D eigenvalue weighted by Crippen LogP contribution is -2.28. The van der Waals surface area contributed by atoms with Crippen molar-refractivity contribution in [3.8, 4) is 0 Å². The van der Waals surface area contributed by atoms with Crippen LogP contribution in [-0.2, 0) is 11.2 Å². The highest BCUT2D eigenvalue weighted by molar-refractivity contribution is 5.96. The largest absolute Gasteiger partial charge is 0.396 e. The van der Waals surface area contributed by atoms with E-state index in [1.54, 1.807) is 13.3 Å². The lowest BCUT2D eigenvalue weighted by Gasteiger charge is -2.21. The van der Waals surface area contributed by atoms with Gasteiger partial charge in [0.05, 0.1) is 35.7 Å². The molecule has 1 atom stereocenters. The van der Waals surface area contributed by atoms with Crippen molar-refractivity contribution < 1.29 is 4.74 Å². The number of ether oxygens (including phenoxy) is 1. The van der Waals surface area contributed by atoms with Gasteiger partial charge in [-0.15, -0.1) is 0 Å². The number of para-hydroxylation sites is 1. The van der Waals surface area contributed by atoms with Crippen LogP contribution in [0, 0.1) is 0 Å². The predicted octanol–water partition coefficient (Wildman–Crippen LogP) is 3.49. The van der Waals surface area contributed by atoms with Crippen LogP contribution in [0.1, 0.15) is 5.56 Å². The van der Waals surface area contributed by atoms with E-state index < -0.39 is 0 Å². The van der Waals surface area contributed by atoms with E-state index in [9.17, 15) is 0 Å². The first kappa shape index (κ1) is 15.3. The number of fused-ring (bicyclic) bond motifs is 1. The second-order valence-electron chi connectivity index (χ2n) is 5.59. The third-order valence-electron chi connectivity index (χ3n) is 3.85. The molecule has 0 bridgehead atoms. The molecule has 1 heterocycles. The number of pyridine rings is 1. The molecule has 4 nitrogen and oxygen atoms in total. The Bertz CT molecular complexity index is 774. The molecule has 0 amide bonds. The fraction of sp³-hybridized carbons (Fsp3) is 0.211. The molecule has 0 saturated heterocycles. The van der Waals surface area contributed by atoms with Gasteiger partial charge in [0.25, 0.3) is 0 Å². The molecule has 1 aromatic heterocycles. The van der Waals surface area contributed by atoms with Crippen LogP contribution in [0.3, 0.4) is 0 Å². The number of nitrogens with zero attached hydrogens (tertiary/aromatic N) is 1. The van der Waals surface area contributed by atoms with Crippen LogP contribution in [0.15, 0.2) is 60.8 Å². The van der Waals surface area contributed by atoms with Crippen molar-refractivity contribution >= 4 is 22.3 Å². The van der Waals surface area contributed by atoms with E-state index in [2.05, 4.69) is 34.6 Å². The minimum atomic E-state index is 0.135. The van der Waals surface area contributed by atoms with Crippen LogP contribution in [0.25, 0.3) is 10.9 Å². The third kappa shape index (κ3) is 3.60. The maximum absolute atomic E-state index is 6.16. The summed E-state index contributed by atoms with van der Waals surface area (Å²) < 4.78 is 5.38. The molecule has 0 aliphatic rings. The summed E-state index contributed by atoms with van der Waals surface area (Å²) in [5.41, 5.74) is 9.93. The molecule has 23 heavy (non-hydrogen) atoms. The van der Waals surface area contributed by atoms with Gasteiger partial charge in [-0.1, -0.05) is 48.5 Å².